The molecule has 1 saturated heterocycles. The summed E-state index contributed by atoms with van der Waals surface area (Å²) in [4.78, 5) is 34.9. The second kappa shape index (κ2) is 7.34. The zero-order valence-corrected chi connectivity index (χ0v) is 15.9. The Labute approximate surface area is 161 Å². The molecule has 0 bridgehead atoms. The lowest BCUT2D eigenvalue weighted by Gasteiger charge is -2.30. The molecule has 2 aromatic heterocycles. The first-order valence-corrected chi connectivity index (χ1v) is 9.21. The van der Waals surface area contributed by atoms with Crippen LogP contribution in [0.5, 0.6) is 5.88 Å². The number of para-hydroxylation sites is 2. The van der Waals surface area contributed by atoms with Crippen LogP contribution in [0, 0.1) is 0 Å². The number of imidazole rings is 2. The van der Waals surface area contributed by atoms with Gasteiger partial charge in [0.2, 0.25) is 5.88 Å². The van der Waals surface area contributed by atoms with E-state index in [1.54, 1.807) is 11.9 Å². The second-order valence-corrected chi connectivity index (χ2v) is 6.80. The summed E-state index contributed by atoms with van der Waals surface area (Å²) in [5, 5.41) is 2.71. The van der Waals surface area contributed by atoms with Crippen molar-refractivity contribution in [3.63, 3.8) is 0 Å². The van der Waals surface area contributed by atoms with Gasteiger partial charge in [-0.05, 0) is 18.6 Å². The molecule has 0 spiro atoms. The van der Waals surface area contributed by atoms with E-state index in [0.717, 1.165) is 23.3 Å². The van der Waals surface area contributed by atoms with Crippen LogP contribution in [0.4, 0.5) is 4.79 Å². The Hall–Kier alpha value is -3.36. The van der Waals surface area contributed by atoms with Gasteiger partial charge in [-0.2, -0.15) is 0 Å². The number of carbonyl (C=O) groups excluding carboxylic acids is 2. The molecule has 1 fully saturated rings. The topological polar surface area (TPSA) is 94.3 Å². The molecule has 0 aliphatic carbocycles. The molecule has 1 aliphatic rings. The Kier molecular flexibility index (Phi) is 4.72. The standard InChI is InChI=1S/C19H22N6O3/c1-23-12-21-16(17(26)25-10-5-11-25)18(23)28-19(27)20-9-8-15-22-13-6-3-4-7-14(13)24(15)2/h3-4,6-7,12H,5,8-11H2,1-2H3,(H,20,27). The van der Waals surface area contributed by atoms with Crippen LogP contribution in [-0.4, -0.2) is 55.6 Å². The minimum absolute atomic E-state index is 0.150. The molecule has 1 N–H and O–H groups in total. The summed E-state index contributed by atoms with van der Waals surface area (Å²) >= 11 is 0. The first-order valence-electron chi connectivity index (χ1n) is 9.21. The normalized spacial score (nSPS) is 13.4. The van der Waals surface area contributed by atoms with E-state index in [1.807, 2.05) is 35.9 Å². The van der Waals surface area contributed by atoms with Crippen molar-refractivity contribution in [3.8, 4) is 5.88 Å². The molecule has 0 saturated carbocycles. The number of aryl methyl sites for hydroxylation is 2. The van der Waals surface area contributed by atoms with E-state index in [-0.39, 0.29) is 17.5 Å². The molecule has 3 heterocycles. The van der Waals surface area contributed by atoms with Crippen LogP contribution >= 0.6 is 0 Å². The Morgan fingerprint density at radius 1 is 1.21 bits per heavy atom. The summed E-state index contributed by atoms with van der Waals surface area (Å²) in [6.07, 6.45) is 2.39. The van der Waals surface area contributed by atoms with Crippen molar-refractivity contribution < 1.29 is 14.3 Å². The Morgan fingerprint density at radius 3 is 2.71 bits per heavy atom. The molecule has 9 nitrogen and oxygen atoms in total. The van der Waals surface area contributed by atoms with Crippen molar-refractivity contribution in [2.75, 3.05) is 19.6 Å². The third-order valence-electron chi connectivity index (χ3n) is 4.92. The molecule has 2 amide bonds. The number of likely N-dealkylation sites (tertiary alicyclic amines) is 1. The highest BCUT2D eigenvalue weighted by molar-refractivity contribution is 5.95. The van der Waals surface area contributed by atoms with Crippen molar-refractivity contribution >= 4 is 23.0 Å². The van der Waals surface area contributed by atoms with Crippen molar-refractivity contribution in [1.82, 2.24) is 29.3 Å². The van der Waals surface area contributed by atoms with Crippen LogP contribution in [0.3, 0.4) is 0 Å². The number of nitrogens with zero attached hydrogens (tertiary/aromatic N) is 5. The van der Waals surface area contributed by atoms with Crippen LogP contribution in [-0.2, 0) is 20.5 Å². The molecule has 3 aromatic rings. The van der Waals surface area contributed by atoms with E-state index < -0.39 is 6.09 Å². The molecule has 0 atom stereocenters. The summed E-state index contributed by atoms with van der Waals surface area (Å²) in [6, 6.07) is 7.88. The number of fused-ring (bicyclic) bond motifs is 1. The first kappa shape index (κ1) is 18.0. The summed E-state index contributed by atoms with van der Waals surface area (Å²) < 4.78 is 8.89. The van der Waals surface area contributed by atoms with Gasteiger partial charge in [-0.15, -0.1) is 0 Å². The number of aromatic nitrogens is 4. The minimum atomic E-state index is -0.625. The summed E-state index contributed by atoms with van der Waals surface area (Å²) in [7, 11) is 3.63. The van der Waals surface area contributed by atoms with Gasteiger partial charge in [0.25, 0.3) is 5.91 Å². The largest absolute Gasteiger partial charge is 0.413 e. The number of nitrogens with one attached hydrogen (secondary N) is 1. The van der Waals surface area contributed by atoms with E-state index in [1.165, 1.54) is 10.9 Å². The van der Waals surface area contributed by atoms with Crippen molar-refractivity contribution in [3.05, 3.63) is 42.1 Å². The van der Waals surface area contributed by atoms with Crippen molar-refractivity contribution in [1.29, 1.82) is 0 Å². The second-order valence-electron chi connectivity index (χ2n) is 6.80. The maximum Gasteiger partial charge on any atom is 0.413 e. The van der Waals surface area contributed by atoms with Crippen molar-refractivity contribution in [2.24, 2.45) is 14.1 Å². The van der Waals surface area contributed by atoms with Gasteiger partial charge in [0.15, 0.2) is 5.69 Å². The van der Waals surface area contributed by atoms with E-state index in [0.29, 0.717) is 26.1 Å². The number of carbonyl (C=O) groups is 2. The molecule has 0 unspecified atom stereocenters. The molecule has 4 rings (SSSR count). The molecular weight excluding hydrogens is 360 g/mol. The summed E-state index contributed by atoms with van der Waals surface area (Å²) in [6.45, 7) is 1.78. The average Bonchev–Trinajstić information content (AvgIpc) is 3.15. The fourth-order valence-corrected chi connectivity index (χ4v) is 3.17. The Bertz CT molecular complexity index is 1030. The molecule has 146 valence electrons. The number of hydrogen-bond donors (Lipinski definition) is 1. The third-order valence-corrected chi connectivity index (χ3v) is 4.92. The zero-order valence-electron chi connectivity index (χ0n) is 15.9. The molecular formula is C19H22N6O3. The highest BCUT2D eigenvalue weighted by Gasteiger charge is 2.28. The van der Waals surface area contributed by atoms with Gasteiger partial charge >= 0.3 is 6.09 Å². The molecule has 9 heteroatoms. The lowest BCUT2D eigenvalue weighted by molar-refractivity contribution is 0.0643. The van der Waals surface area contributed by atoms with E-state index in [9.17, 15) is 9.59 Å². The zero-order chi connectivity index (χ0) is 19.7. The number of hydrogen-bond acceptors (Lipinski definition) is 5. The maximum absolute atomic E-state index is 12.4. The Balaban J connectivity index is 1.36. The fourth-order valence-electron chi connectivity index (χ4n) is 3.17. The van der Waals surface area contributed by atoms with Gasteiger partial charge in [-0.25, -0.2) is 14.8 Å². The highest BCUT2D eigenvalue weighted by atomic mass is 16.6. The minimum Gasteiger partial charge on any atom is -0.390 e. The van der Waals surface area contributed by atoms with Gasteiger partial charge < -0.3 is 24.1 Å². The van der Waals surface area contributed by atoms with Crippen LogP contribution < -0.4 is 10.1 Å². The number of amides is 2. The van der Waals surface area contributed by atoms with Crippen LogP contribution in [0.15, 0.2) is 30.6 Å². The van der Waals surface area contributed by atoms with Gasteiger partial charge in [0.1, 0.15) is 5.82 Å². The number of ether oxygens (including phenoxy) is 1. The third kappa shape index (κ3) is 3.30. The van der Waals surface area contributed by atoms with Crippen LogP contribution in [0.25, 0.3) is 11.0 Å². The first-order chi connectivity index (χ1) is 13.5. The molecule has 28 heavy (non-hydrogen) atoms. The number of benzene rings is 1. The molecule has 1 aromatic carbocycles. The van der Waals surface area contributed by atoms with Gasteiger partial charge in [-0.1, -0.05) is 12.1 Å². The number of rotatable bonds is 5. The predicted molar refractivity (Wildman–Crippen MR) is 102 cm³/mol. The van der Waals surface area contributed by atoms with Gasteiger partial charge in [0.05, 0.1) is 17.4 Å². The van der Waals surface area contributed by atoms with E-state index in [2.05, 4.69) is 15.3 Å². The maximum atomic E-state index is 12.4. The quantitative estimate of drug-likeness (QED) is 0.721. The SMILES string of the molecule is Cn1cnc(C(=O)N2CCC2)c1OC(=O)NCCc1nc2ccccc2n1C. The summed E-state index contributed by atoms with van der Waals surface area (Å²) in [5.41, 5.74) is 2.13. The molecule has 0 radical (unpaired) electrons. The lowest BCUT2D eigenvalue weighted by Crippen LogP contribution is -2.42. The Morgan fingerprint density at radius 2 is 2.00 bits per heavy atom. The average molecular weight is 382 g/mol. The fraction of sp³-hybridized carbons (Fsp3) is 0.368. The lowest BCUT2D eigenvalue weighted by atomic mass is 10.2. The van der Waals surface area contributed by atoms with Crippen LogP contribution in [0.1, 0.15) is 22.7 Å². The smallest absolute Gasteiger partial charge is 0.390 e. The monoisotopic (exact) mass is 382 g/mol. The van der Waals surface area contributed by atoms with E-state index in [4.69, 9.17) is 4.74 Å². The van der Waals surface area contributed by atoms with E-state index >= 15 is 0 Å². The summed E-state index contributed by atoms with van der Waals surface area (Å²) in [5.74, 6) is 0.808. The molecule has 1 aliphatic heterocycles. The predicted octanol–water partition coefficient (Wildman–Crippen LogP) is 1.48. The highest BCUT2D eigenvalue weighted by Crippen LogP contribution is 2.21. The van der Waals surface area contributed by atoms with Gasteiger partial charge in [0, 0.05) is 40.2 Å². The van der Waals surface area contributed by atoms with Crippen LogP contribution in [0.2, 0.25) is 0 Å². The van der Waals surface area contributed by atoms with Crippen molar-refractivity contribution in [2.45, 2.75) is 12.8 Å². The van der Waals surface area contributed by atoms with Gasteiger partial charge in [-0.3, -0.25) is 4.79 Å².